The summed E-state index contributed by atoms with van der Waals surface area (Å²) in [4.78, 5) is 48.5. The SMILES string of the molecule is C=N/C(=N\C=C(/C)c1ccc(OCCCCCCC)cc1)c1ccc(C[C@H](NC(=O)c2oc(C(C)(C)C)cc2C)C(=O)N2CC(C(=O)O)C2)cc1. The van der Waals surface area contributed by atoms with Crippen molar-refractivity contribution in [2.24, 2.45) is 15.9 Å². The average molecular weight is 697 g/mol. The molecule has 2 heterocycles. The maximum absolute atomic E-state index is 13.5. The molecule has 10 heteroatoms. The summed E-state index contributed by atoms with van der Waals surface area (Å²) >= 11 is 0. The molecule has 2 amide bonds. The Bertz CT molecular complexity index is 1720. The first-order chi connectivity index (χ1) is 24.3. The second kappa shape index (κ2) is 17.8. The fourth-order valence-corrected chi connectivity index (χ4v) is 5.71. The van der Waals surface area contributed by atoms with Crippen LogP contribution in [0.1, 0.15) is 105 Å². The van der Waals surface area contributed by atoms with Crippen LogP contribution in [0, 0.1) is 12.8 Å². The van der Waals surface area contributed by atoms with Gasteiger partial charge in [-0.15, -0.1) is 0 Å². The fourth-order valence-electron chi connectivity index (χ4n) is 5.71. The number of carbonyl (C=O) groups excluding carboxylic acids is 2. The normalized spacial score (nSPS) is 14.5. The zero-order valence-electron chi connectivity index (χ0n) is 30.8. The van der Waals surface area contributed by atoms with Crippen LogP contribution in [0.3, 0.4) is 0 Å². The predicted molar refractivity (Wildman–Crippen MR) is 202 cm³/mol. The Balaban J connectivity index is 1.44. The van der Waals surface area contributed by atoms with Gasteiger partial charge in [0.05, 0.1) is 12.5 Å². The van der Waals surface area contributed by atoms with Crippen molar-refractivity contribution in [3.8, 4) is 5.75 Å². The van der Waals surface area contributed by atoms with Crippen molar-refractivity contribution in [2.75, 3.05) is 19.7 Å². The number of allylic oxidation sites excluding steroid dienone is 1. The molecule has 0 radical (unpaired) electrons. The summed E-state index contributed by atoms with van der Waals surface area (Å²) in [7, 11) is 0. The average Bonchev–Trinajstić information content (AvgIpc) is 3.48. The summed E-state index contributed by atoms with van der Waals surface area (Å²) in [6, 6.07) is 16.3. The quantitative estimate of drug-likeness (QED) is 0.0899. The summed E-state index contributed by atoms with van der Waals surface area (Å²) < 4.78 is 11.8. The van der Waals surface area contributed by atoms with Gasteiger partial charge in [-0.2, -0.15) is 0 Å². The van der Waals surface area contributed by atoms with Crippen LogP contribution < -0.4 is 10.1 Å². The van der Waals surface area contributed by atoms with Crippen LogP contribution in [0.4, 0.5) is 0 Å². The number of rotatable bonds is 16. The van der Waals surface area contributed by atoms with Gasteiger partial charge in [0.1, 0.15) is 17.6 Å². The van der Waals surface area contributed by atoms with Gasteiger partial charge in [-0.1, -0.05) is 89.8 Å². The number of nitrogens with zero attached hydrogens (tertiary/aromatic N) is 3. The highest BCUT2D eigenvalue weighted by molar-refractivity contribution is 6.02. The lowest BCUT2D eigenvalue weighted by molar-refractivity contribution is -0.153. The fraction of sp³-hybridized carbons (Fsp3) is 0.439. The topological polar surface area (TPSA) is 134 Å². The third-order valence-corrected chi connectivity index (χ3v) is 9.02. The van der Waals surface area contributed by atoms with Gasteiger partial charge in [0, 0.05) is 42.3 Å². The number of hydrogen-bond acceptors (Lipinski definition) is 6. The third kappa shape index (κ3) is 10.7. The van der Waals surface area contributed by atoms with Gasteiger partial charge in [0.25, 0.3) is 5.91 Å². The van der Waals surface area contributed by atoms with Gasteiger partial charge in [0.15, 0.2) is 11.6 Å². The molecule has 0 spiro atoms. The van der Waals surface area contributed by atoms with Gasteiger partial charge >= 0.3 is 5.97 Å². The predicted octanol–water partition coefficient (Wildman–Crippen LogP) is 7.63. The van der Waals surface area contributed by atoms with E-state index in [9.17, 15) is 19.5 Å². The minimum atomic E-state index is -0.944. The van der Waals surface area contributed by atoms with E-state index in [2.05, 4.69) is 28.9 Å². The summed E-state index contributed by atoms with van der Waals surface area (Å²) in [6.45, 7) is 16.6. The Kier molecular flexibility index (Phi) is 13.5. The number of likely N-dealkylation sites (tertiary alicyclic amines) is 1. The van der Waals surface area contributed by atoms with E-state index < -0.39 is 23.8 Å². The van der Waals surface area contributed by atoms with E-state index in [4.69, 9.17) is 9.15 Å². The number of amides is 2. The number of carboxylic acids is 1. The Morgan fingerprint density at radius 2 is 1.69 bits per heavy atom. The maximum Gasteiger partial charge on any atom is 0.310 e. The molecule has 272 valence electrons. The largest absolute Gasteiger partial charge is 0.494 e. The first-order valence-corrected chi connectivity index (χ1v) is 17.8. The molecule has 0 saturated carbocycles. The monoisotopic (exact) mass is 696 g/mol. The van der Waals surface area contributed by atoms with Crippen LogP contribution in [0.15, 0.2) is 75.2 Å². The molecule has 1 aliphatic rings. The molecule has 1 aromatic heterocycles. The van der Waals surface area contributed by atoms with E-state index in [1.807, 2.05) is 82.3 Å². The van der Waals surface area contributed by atoms with Crippen molar-refractivity contribution in [3.05, 3.63) is 94.6 Å². The highest BCUT2D eigenvalue weighted by Crippen LogP contribution is 2.27. The van der Waals surface area contributed by atoms with Crippen LogP contribution in [-0.2, 0) is 21.4 Å². The molecular formula is C41H52N4O6. The molecule has 0 aliphatic carbocycles. The highest BCUT2D eigenvalue weighted by atomic mass is 16.5. The molecule has 1 atom stereocenters. The van der Waals surface area contributed by atoms with Crippen LogP contribution >= 0.6 is 0 Å². The van der Waals surface area contributed by atoms with Gasteiger partial charge in [-0.3, -0.25) is 14.4 Å². The van der Waals surface area contributed by atoms with Crippen molar-refractivity contribution in [1.29, 1.82) is 0 Å². The summed E-state index contributed by atoms with van der Waals surface area (Å²) in [5.74, 6) is -0.296. The maximum atomic E-state index is 13.5. The zero-order valence-corrected chi connectivity index (χ0v) is 30.8. The lowest BCUT2D eigenvalue weighted by Crippen LogP contribution is -2.59. The molecule has 3 aromatic rings. The number of aryl methyl sites for hydroxylation is 1. The number of nitrogens with one attached hydrogen (secondary N) is 1. The number of hydrogen-bond donors (Lipinski definition) is 2. The Morgan fingerprint density at radius 3 is 2.27 bits per heavy atom. The zero-order chi connectivity index (χ0) is 37.1. The standard InChI is InChI=1S/C41H52N4O6/c1-8-9-10-11-12-21-50-33-19-17-30(18-20-33)28(3)24-43-37(42-7)31-15-13-29(14-16-31)23-34(39(47)45-25-32(26-45)40(48)49)44-38(46)36-27(2)22-35(51-36)41(4,5)6/h13-20,22,24,32,34H,7-12,21,23,25-26H2,1-6H3,(H,44,46)(H,48,49)/b28-24+,43-37-/t34-/m0/s1. The number of amidine groups is 1. The summed E-state index contributed by atoms with van der Waals surface area (Å²) in [6.07, 6.45) is 7.94. The van der Waals surface area contributed by atoms with Crippen molar-refractivity contribution < 1.29 is 28.6 Å². The second-order valence-electron chi connectivity index (χ2n) is 14.3. The van der Waals surface area contributed by atoms with E-state index in [0.717, 1.165) is 41.0 Å². The van der Waals surface area contributed by atoms with Crippen LogP contribution in [0.5, 0.6) is 5.75 Å². The Hall–Kier alpha value is -4.99. The molecule has 2 aromatic carbocycles. The number of aliphatic imine (C=N–C) groups is 2. The molecule has 0 unspecified atom stereocenters. The van der Waals surface area contributed by atoms with E-state index in [0.29, 0.717) is 17.2 Å². The minimum Gasteiger partial charge on any atom is -0.494 e. The number of ether oxygens (including phenoxy) is 1. The van der Waals surface area contributed by atoms with E-state index >= 15 is 0 Å². The number of unbranched alkanes of at least 4 members (excludes halogenated alkanes) is 4. The van der Waals surface area contributed by atoms with E-state index in [1.165, 1.54) is 30.6 Å². The molecule has 2 N–H and O–H groups in total. The molecule has 1 fully saturated rings. The van der Waals surface area contributed by atoms with Crippen LogP contribution in [0.2, 0.25) is 0 Å². The van der Waals surface area contributed by atoms with Gasteiger partial charge in [-0.05, 0) is 61.9 Å². The van der Waals surface area contributed by atoms with E-state index in [-0.39, 0.29) is 36.6 Å². The second-order valence-corrected chi connectivity index (χ2v) is 14.3. The Morgan fingerprint density at radius 1 is 1.04 bits per heavy atom. The third-order valence-electron chi connectivity index (χ3n) is 9.02. The summed E-state index contributed by atoms with van der Waals surface area (Å²) in [5, 5.41) is 12.2. The lowest BCUT2D eigenvalue weighted by Gasteiger charge is -2.38. The molecule has 10 nitrogen and oxygen atoms in total. The number of furan rings is 1. The van der Waals surface area contributed by atoms with Crippen LogP contribution in [0.25, 0.3) is 5.57 Å². The molecule has 4 rings (SSSR count). The number of aliphatic carboxylic acids is 1. The number of benzene rings is 2. The molecule has 0 bridgehead atoms. The van der Waals surface area contributed by atoms with Crippen molar-refractivity contribution >= 4 is 35.9 Å². The van der Waals surface area contributed by atoms with E-state index in [1.54, 1.807) is 13.1 Å². The highest BCUT2D eigenvalue weighted by Gasteiger charge is 2.39. The van der Waals surface area contributed by atoms with Gasteiger partial charge < -0.3 is 24.5 Å². The molecular weight excluding hydrogens is 644 g/mol. The smallest absolute Gasteiger partial charge is 0.310 e. The number of carbonyl (C=O) groups is 3. The van der Waals surface area contributed by atoms with Crippen LogP contribution in [-0.4, -0.2) is 66.1 Å². The summed E-state index contributed by atoms with van der Waals surface area (Å²) in [5.41, 5.74) is 3.87. The molecule has 1 saturated heterocycles. The first-order valence-electron chi connectivity index (χ1n) is 17.8. The van der Waals surface area contributed by atoms with Crippen molar-refractivity contribution in [2.45, 2.75) is 91.5 Å². The van der Waals surface area contributed by atoms with Gasteiger partial charge in [-0.25, -0.2) is 9.98 Å². The minimum absolute atomic E-state index is 0.0995. The first kappa shape index (κ1) is 38.8. The number of carboxylic acid groups (broad SMARTS) is 1. The van der Waals surface area contributed by atoms with Gasteiger partial charge in [0.2, 0.25) is 5.91 Å². The molecule has 1 aliphatic heterocycles. The Labute approximate surface area is 301 Å². The molecule has 51 heavy (non-hydrogen) atoms. The lowest BCUT2D eigenvalue weighted by atomic mass is 9.93. The van der Waals surface area contributed by atoms with Crippen molar-refractivity contribution in [1.82, 2.24) is 10.2 Å². The van der Waals surface area contributed by atoms with Crippen molar-refractivity contribution in [3.63, 3.8) is 0 Å².